The predicted molar refractivity (Wildman–Crippen MR) is 112 cm³/mol. The van der Waals surface area contributed by atoms with Crippen molar-refractivity contribution in [3.05, 3.63) is 42.0 Å². The third-order valence-corrected chi connectivity index (χ3v) is 5.53. The number of fused-ring (bicyclic) bond motifs is 2. The fraction of sp³-hybridized carbons (Fsp3) is 0.238. The number of ether oxygens (including phenoxy) is 4. The number of amides is 1. The highest BCUT2D eigenvalue weighted by Crippen LogP contribution is 2.42. The molecule has 32 heavy (non-hydrogen) atoms. The summed E-state index contributed by atoms with van der Waals surface area (Å²) in [6.07, 6.45) is -4.61. The number of anilines is 1. The van der Waals surface area contributed by atoms with Crippen LogP contribution in [-0.4, -0.2) is 37.7 Å². The Hall–Kier alpha value is -3.34. The summed E-state index contributed by atoms with van der Waals surface area (Å²) in [5, 5.41) is 2.62. The highest BCUT2D eigenvalue weighted by molar-refractivity contribution is 7.99. The minimum atomic E-state index is -4.61. The molecule has 3 aromatic rings. The van der Waals surface area contributed by atoms with Crippen LogP contribution in [0.3, 0.4) is 0 Å². The van der Waals surface area contributed by atoms with Gasteiger partial charge in [0.05, 0.1) is 41.8 Å². The molecule has 0 bridgehead atoms. The lowest BCUT2D eigenvalue weighted by Gasteiger charge is -2.13. The molecule has 11 heteroatoms. The summed E-state index contributed by atoms with van der Waals surface area (Å²) in [5.41, 5.74) is -0.382. The van der Waals surface area contributed by atoms with Gasteiger partial charge in [-0.3, -0.25) is 4.79 Å². The number of rotatable bonds is 6. The first-order chi connectivity index (χ1) is 15.3. The molecule has 0 fully saturated rings. The molecular formula is C21H17F3N2O5S. The molecule has 0 aliphatic carbocycles. The molecule has 2 aromatic carbocycles. The average molecular weight is 466 g/mol. The molecule has 0 saturated heterocycles. The maximum Gasteiger partial charge on any atom is 0.417 e. The van der Waals surface area contributed by atoms with Gasteiger partial charge in [-0.2, -0.15) is 13.2 Å². The van der Waals surface area contributed by atoms with Crippen molar-refractivity contribution in [2.24, 2.45) is 0 Å². The second-order valence-electron chi connectivity index (χ2n) is 6.63. The van der Waals surface area contributed by atoms with Gasteiger partial charge in [0.1, 0.15) is 11.5 Å². The molecule has 168 valence electrons. The predicted octanol–water partition coefficient (Wildman–Crippen LogP) is 4.73. The molecule has 0 spiro atoms. The molecule has 0 radical (unpaired) electrons. The van der Waals surface area contributed by atoms with Gasteiger partial charge in [0.2, 0.25) is 12.7 Å². The van der Waals surface area contributed by atoms with Crippen LogP contribution in [0.5, 0.6) is 23.0 Å². The minimum Gasteiger partial charge on any atom is -0.497 e. The van der Waals surface area contributed by atoms with Crippen molar-refractivity contribution >= 4 is 34.3 Å². The second-order valence-corrected chi connectivity index (χ2v) is 7.63. The van der Waals surface area contributed by atoms with Gasteiger partial charge in [-0.1, -0.05) is 11.8 Å². The summed E-state index contributed by atoms with van der Waals surface area (Å²) in [7, 11) is 2.94. The van der Waals surface area contributed by atoms with Gasteiger partial charge in [0, 0.05) is 17.5 Å². The van der Waals surface area contributed by atoms with E-state index in [1.54, 1.807) is 18.2 Å². The van der Waals surface area contributed by atoms with Crippen molar-refractivity contribution in [1.29, 1.82) is 0 Å². The first-order valence-corrected chi connectivity index (χ1v) is 10.2. The van der Waals surface area contributed by atoms with Crippen molar-refractivity contribution in [2.75, 3.05) is 32.1 Å². The van der Waals surface area contributed by atoms with Crippen molar-refractivity contribution < 1.29 is 36.9 Å². The van der Waals surface area contributed by atoms with E-state index in [0.717, 1.165) is 17.8 Å². The summed E-state index contributed by atoms with van der Waals surface area (Å²) in [6.45, 7) is -0.0669. The number of hydrogen-bond acceptors (Lipinski definition) is 7. The monoisotopic (exact) mass is 466 g/mol. The maximum atomic E-state index is 13.7. The van der Waals surface area contributed by atoms with E-state index in [2.05, 4.69) is 10.3 Å². The molecule has 1 N–H and O–H groups in total. The number of carbonyl (C=O) groups is 1. The summed E-state index contributed by atoms with van der Waals surface area (Å²) in [5.74, 6) is 0.880. The number of halogens is 3. The van der Waals surface area contributed by atoms with Crippen LogP contribution in [0.1, 0.15) is 5.56 Å². The number of thioether (sulfide) groups is 1. The Bertz CT molecular complexity index is 1190. The number of carbonyl (C=O) groups excluding carboxylic acids is 1. The first kappa shape index (κ1) is 21.9. The topological polar surface area (TPSA) is 78.9 Å². The second kappa shape index (κ2) is 8.65. The molecule has 1 amide bonds. The quantitative estimate of drug-likeness (QED) is 0.526. The Labute approximate surface area is 184 Å². The van der Waals surface area contributed by atoms with E-state index in [-0.39, 0.29) is 34.2 Å². The highest BCUT2D eigenvalue weighted by Gasteiger charge is 2.34. The van der Waals surface area contributed by atoms with Crippen LogP contribution in [0.15, 0.2) is 41.4 Å². The van der Waals surface area contributed by atoms with E-state index < -0.39 is 17.6 Å². The number of methoxy groups -OCH3 is 2. The van der Waals surface area contributed by atoms with Crippen LogP contribution in [0.25, 0.3) is 10.9 Å². The number of benzene rings is 2. The number of aromatic nitrogens is 1. The molecule has 0 unspecified atom stereocenters. The van der Waals surface area contributed by atoms with Crippen LogP contribution in [0.4, 0.5) is 18.9 Å². The summed E-state index contributed by atoms with van der Waals surface area (Å²) in [4.78, 5) is 16.7. The molecule has 1 aliphatic heterocycles. The molecule has 0 atom stereocenters. The number of nitrogens with zero attached hydrogens (tertiary/aromatic N) is 1. The maximum absolute atomic E-state index is 13.7. The fourth-order valence-electron chi connectivity index (χ4n) is 3.14. The van der Waals surface area contributed by atoms with E-state index in [1.807, 2.05) is 0 Å². The molecule has 1 aliphatic rings. The summed E-state index contributed by atoms with van der Waals surface area (Å²) >= 11 is 0.882. The number of hydrogen-bond donors (Lipinski definition) is 1. The lowest BCUT2D eigenvalue weighted by molar-refractivity contribution is -0.136. The Morgan fingerprint density at radius 2 is 1.88 bits per heavy atom. The third-order valence-electron chi connectivity index (χ3n) is 4.62. The molecular weight excluding hydrogens is 449 g/mol. The van der Waals surface area contributed by atoms with Gasteiger partial charge in [-0.05, 0) is 24.3 Å². The van der Waals surface area contributed by atoms with Crippen LogP contribution in [0.2, 0.25) is 0 Å². The van der Waals surface area contributed by atoms with Crippen LogP contribution in [-0.2, 0) is 11.0 Å². The Balaban J connectivity index is 1.57. The largest absolute Gasteiger partial charge is 0.497 e. The smallest absolute Gasteiger partial charge is 0.417 e. The lowest BCUT2D eigenvalue weighted by Crippen LogP contribution is -2.15. The van der Waals surface area contributed by atoms with E-state index in [4.69, 9.17) is 18.9 Å². The van der Waals surface area contributed by atoms with Crippen molar-refractivity contribution in [3.8, 4) is 23.0 Å². The van der Waals surface area contributed by atoms with Crippen LogP contribution in [0, 0.1) is 0 Å². The molecule has 1 aromatic heterocycles. The standard InChI is InChI=1S/C21H17F3N2O5S/c1-28-11-3-4-16(29-2)15(5-11)25-19(27)9-32-20-7-13(21(22,23)24)12-6-17-18(31-10-30-17)8-14(12)26-20/h3-8H,9-10H2,1-2H3,(H,25,27). The van der Waals surface area contributed by atoms with Gasteiger partial charge in [0.15, 0.2) is 11.5 Å². The summed E-state index contributed by atoms with van der Waals surface area (Å²) in [6, 6.07) is 8.48. The third kappa shape index (κ3) is 4.47. The van der Waals surface area contributed by atoms with Gasteiger partial charge in [0.25, 0.3) is 0 Å². The Kier molecular flexibility index (Phi) is 5.92. The molecule has 4 rings (SSSR count). The SMILES string of the molecule is COc1ccc(OC)c(NC(=O)CSc2cc(C(F)(F)F)c3cc4c(cc3n2)OCO4)c1. The van der Waals surface area contributed by atoms with Gasteiger partial charge >= 0.3 is 6.18 Å². The number of alkyl halides is 3. The molecule has 0 saturated carbocycles. The summed E-state index contributed by atoms with van der Waals surface area (Å²) < 4.78 is 61.8. The van der Waals surface area contributed by atoms with E-state index in [1.165, 1.54) is 26.4 Å². The number of nitrogens with one attached hydrogen (secondary N) is 1. The fourth-order valence-corrected chi connectivity index (χ4v) is 3.85. The van der Waals surface area contributed by atoms with Crippen molar-refractivity contribution in [2.45, 2.75) is 11.2 Å². The zero-order valence-corrected chi connectivity index (χ0v) is 17.7. The Morgan fingerprint density at radius 1 is 1.12 bits per heavy atom. The Morgan fingerprint density at radius 3 is 2.56 bits per heavy atom. The molecule has 7 nitrogen and oxygen atoms in total. The molecule has 2 heterocycles. The van der Waals surface area contributed by atoms with Gasteiger partial charge in [-0.15, -0.1) is 0 Å². The zero-order chi connectivity index (χ0) is 22.9. The van der Waals surface area contributed by atoms with Gasteiger partial charge in [-0.25, -0.2) is 4.98 Å². The van der Waals surface area contributed by atoms with Crippen molar-refractivity contribution in [1.82, 2.24) is 4.98 Å². The highest BCUT2D eigenvalue weighted by atomic mass is 32.2. The van der Waals surface area contributed by atoms with E-state index in [0.29, 0.717) is 22.9 Å². The minimum absolute atomic E-state index is 0.0523. The number of pyridine rings is 1. The first-order valence-electron chi connectivity index (χ1n) is 9.25. The lowest BCUT2D eigenvalue weighted by atomic mass is 10.1. The normalized spacial score (nSPS) is 12.7. The van der Waals surface area contributed by atoms with E-state index >= 15 is 0 Å². The van der Waals surface area contributed by atoms with E-state index in [9.17, 15) is 18.0 Å². The average Bonchev–Trinajstić information content (AvgIpc) is 3.22. The van der Waals surface area contributed by atoms with Crippen LogP contribution >= 0.6 is 11.8 Å². The zero-order valence-electron chi connectivity index (χ0n) is 16.9. The van der Waals surface area contributed by atoms with Crippen LogP contribution < -0.4 is 24.3 Å². The van der Waals surface area contributed by atoms with Gasteiger partial charge < -0.3 is 24.3 Å². The van der Waals surface area contributed by atoms with Crippen molar-refractivity contribution in [3.63, 3.8) is 0 Å².